The number of hydrogen-bond acceptors (Lipinski definition) is 6. The van der Waals surface area contributed by atoms with Crippen LogP contribution in [0.4, 0.5) is 5.82 Å². The predicted octanol–water partition coefficient (Wildman–Crippen LogP) is 2.72. The normalized spacial score (nSPS) is 14.9. The molecule has 0 bridgehead atoms. The SMILES string of the molecule is COc1cccc(CNC(=O)c2ccc(C3CCN(Cc4cnn(C)c4)CC3)nc2N)c1. The van der Waals surface area contributed by atoms with E-state index in [9.17, 15) is 4.79 Å². The van der Waals surface area contributed by atoms with E-state index in [4.69, 9.17) is 10.5 Å². The van der Waals surface area contributed by atoms with Crippen LogP contribution in [0.15, 0.2) is 48.8 Å². The number of methoxy groups -OCH3 is 1. The Morgan fingerprint density at radius 3 is 2.72 bits per heavy atom. The van der Waals surface area contributed by atoms with Crippen LogP contribution in [0.1, 0.15) is 45.9 Å². The van der Waals surface area contributed by atoms with Crippen LogP contribution in [0.2, 0.25) is 0 Å². The quantitative estimate of drug-likeness (QED) is 0.593. The molecule has 0 saturated carbocycles. The zero-order valence-electron chi connectivity index (χ0n) is 18.6. The number of rotatable bonds is 7. The lowest BCUT2D eigenvalue weighted by molar-refractivity contribution is 0.0951. The number of carbonyl (C=O) groups excluding carboxylic acids is 1. The summed E-state index contributed by atoms with van der Waals surface area (Å²) in [6.07, 6.45) is 6.03. The van der Waals surface area contributed by atoms with E-state index in [1.807, 2.05) is 48.3 Å². The largest absolute Gasteiger partial charge is 0.497 e. The summed E-state index contributed by atoms with van der Waals surface area (Å²) < 4.78 is 7.06. The number of piperidine rings is 1. The van der Waals surface area contributed by atoms with Gasteiger partial charge in [-0.15, -0.1) is 0 Å². The molecule has 32 heavy (non-hydrogen) atoms. The fraction of sp³-hybridized carbons (Fsp3) is 0.375. The maximum atomic E-state index is 12.6. The van der Waals surface area contributed by atoms with E-state index >= 15 is 0 Å². The van der Waals surface area contributed by atoms with Gasteiger partial charge >= 0.3 is 0 Å². The average Bonchev–Trinajstić information content (AvgIpc) is 3.22. The van der Waals surface area contributed by atoms with Crippen molar-refractivity contribution in [2.75, 3.05) is 25.9 Å². The van der Waals surface area contributed by atoms with Gasteiger partial charge in [0.15, 0.2) is 0 Å². The molecule has 0 spiro atoms. The summed E-state index contributed by atoms with van der Waals surface area (Å²) in [7, 11) is 3.56. The van der Waals surface area contributed by atoms with Gasteiger partial charge < -0.3 is 15.8 Å². The van der Waals surface area contributed by atoms with Crippen molar-refractivity contribution in [2.24, 2.45) is 7.05 Å². The molecule has 0 unspecified atom stereocenters. The van der Waals surface area contributed by atoms with Gasteiger partial charge in [-0.3, -0.25) is 14.4 Å². The molecule has 8 nitrogen and oxygen atoms in total. The summed E-state index contributed by atoms with van der Waals surface area (Å²) in [5.41, 5.74) is 9.73. The molecule has 3 N–H and O–H groups in total. The molecule has 0 radical (unpaired) electrons. The summed E-state index contributed by atoms with van der Waals surface area (Å²) in [5, 5.41) is 7.15. The van der Waals surface area contributed by atoms with Crippen LogP contribution in [0, 0.1) is 0 Å². The van der Waals surface area contributed by atoms with Crippen LogP contribution in [0.3, 0.4) is 0 Å². The molecule has 2 aromatic heterocycles. The summed E-state index contributed by atoms with van der Waals surface area (Å²) in [4.78, 5) is 19.6. The number of nitrogens with zero attached hydrogens (tertiary/aromatic N) is 4. The number of ether oxygens (including phenoxy) is 1. The number of nitrogens with one attached hydrogen (secondary N) is 1. The van der Waals surface area contributed by atoms with E-state index in [0.717, 1.165) is 49.5 Å². The van der Waals surface area contributed by atoms with E-state index in [1.165, 1.54) is 5.56 Å². The maximum Gasteiger partial charge on any atom is 0.255 e. The van der Waals surface area contributed by atoms with Gasteiger partial charge in [-0.1, -0.05) is 12.1 Å². The van der Waals surface area contributed by atoms with Gasteiger partial charge in [-0.2, -0.15) is 5.10 Å². The highest BCUT2D eigenvalue weighted by Crippen LogP contribution is 2.28. The molecule has 168 valence electrons. The zero-order chi connectivity index (χ0) is 22.5. The molecule has 1 aliphatic heterocycles. The van der Waals surface area contributed by atoms with E-state index in [2.05, 4.69) is 26.5 Å². The lowest BCUT2D eigenvalue weighted by Gasteiger charge is -2.31. The third-order valence-corrected chi connectivity index (χ3v) is 5.95. The Morgan fingerprint density at radius 1 is 1.22 bits per heavy atom. The number of nitrogens with two attached hydrogens (primary N) is 1. The maximum absolute atomic E-state index is 12.6. The number of anilines is 1. The fourth-order valence-electron chi connectivity index (χ4n) is 4.17. The first-order valence-electron chi connectivity index (χ1n) is 10.9. The van der Waals surface area contributed by atoms with Crippen molar-refractivity contribution in [3.05, 3.63) is 71.2 Å². The number of aromatic nitrogens is 3. The monoisotopic (exact) mass is 434 g/mol. The van der Waals surface area contributed by atoms with Crippen LogP contribution < -0.4 is 15.8 Å². The third kappa shape index (κ3) is 5.26. The van der Waals surface area contributed by atoms with Crippen molar-refractivity contribution >= 4 is 11.7 Å². The van der Waals surface area contributed by atoms with Crippen molar-refractivity contribution in [3.8, 4) is 5.75 Å². The van der Waals surface area contributed by atoms with Gasteiger partial charge in [0.1, 0.15) is 11.6 Å². The molecule has 3 aromatic rings. The summed E-state index contributed by atoms with van der Waals surface area (Å²) in [6.45, 7) is 3.32. The zero-order valence-corrected chi connectivity index (χ0v) is 18.6. The Bertz CT molecular complexity index is 1070. The van der Waals surface area contributed by atoms with Crippen LogP contribution in [-0.4, -0.2) is 45.8 Å². The molecule has 1 amide bonds. The Kier molecular flexibility index (Phi) is 6.70. The van der Waals surface area contributed by atoms with Crippen LogP contribution in [0.25, 0.3) is 0 Å². The summed E-state index contributed by atoms with van der Waals surface area (Å²) in [5.74, 6) is 1.17. The molecule has 1 aliphatic rings. The minimum absolute atomic E-state index is 0.226. The highest BCUT2D eigenvalue weighted by Gasteiger charge is 2.23. The first-order chi connectivity index (χ1) is 15.5. The molecule has 4 rings (SSSR count). The van der Waals surface area contributed by atoms with E-state index in [1.54, 1.807) is 13.2 Å². The lowest BCUT2D eigenvalue weighted by Crippen LogP contribution is -2.32. The Hall–Kier alpha value is -3.39. The highest BCUT2D eigenvalue weighted by molar-refractivity contribution is 5.98. The third-order valence-electron chi connectivity index (χ3n) is 5.95. The van der Waals surface area contributed by atoms with Crippen molar-refractivity contribution in [2.45, 2.75) is 31.8 Å². The van der Waals surface area contributed by atoms with Gasteiger partial charge in [0, 0.05) is 43.5 Å². The van der Waals surface area contributed by atoms with Gasteiger partial charge in [0.05, 0.1) is 18.9 Å². The molecular weight excluding hydrogens is 404 g/mol. The molecule has 1 aromatic carbocycles. The van der Waals surface area contributed by atoms with Gasteiger partial charge in [-0.25, -0.2) is 4.98 Å². The van der Waals surface area contributed by atoms with E-state index < -0.39 is 0 Å². The molecule has 3 heterocycles. The number of benzene rings is 1. The number of likely N-dealkylation sites (tertiary alicyclic amines) is 1. The Balaban J connectivity index is 1.32. The van der Waals surface area contributed by atoms with Gasteiger partial charge in [-0.05, 0) is 55.8 Å². The number of carbonyl (C=O) groups is 1. The van der Waals surface area contributed by atoms with Crippen molar-refractivity contribution in [1.82, 2.24) is 25.0 Å². The summed E-state index contributed by atoms with van der Waals surface area (Å²) >= 11 is 0. The molecule has 8 heteroatoms. The minimum atomic E-state index is -0.226. The van der Waals surface area contributed by atoms with Crippen LogP contribution in [0.5, 0.6) is 5.75 Å². The number of hydrogen-bond donors (Lipinski definition) is 2. The van der Waals surface area contributed by atoms with Crippen molar-refractivity contribution in [3.63, 3.8) is 0 Å². The molecule has 1 saturated heterocycles. The number of amides is 1. The summed E-state index contributed by atoms with van der Waals surface area (Å²) in [6, 6.07) is 11.3. The molecule has 0 aliphatic carbocycles. The lowest BCUT2D eigenvalue weighted by atomic mass is 9.92. The van der Waals surface area contributed by atoms with E-state index in [0.29, 0.717) is 18.0 Å². The van der Waals surface area contributed by atoms with Crippen LogP contribution in [-0.2, 0) is 20.1 Å². The topological polar surface area (TPSA) is 98.3 Å². The van der Waals surface area contributed by atoms with Crippen molar-refractivity contribution < 1.29 is 9.53 Å². The second-order valence-corrected chi connectivity index (χ2v) is 8.28. The second kappa shape index (κ2) is 9.82. The number of pyridine rings is 1. The molecule has 0 atom stereocenters. The van der Waals surface area contributed by atoms with Crippen LogP contribution >= 0.6 is 0 Å². The van der Waals surface area contributed by atoms with Gasteiger partial charge in [0.2, 0.25) is 0 Å². The molecule has 1 fully saturated rings. The Morgan fingerprint density at radius 2 is 2.03 bits per heavy atom. The number of aryl methyl sites for hydroxylation is 1. The average molecular weight is 435 g/mol. The second-order valence-electron chi connectivity index (χ2n) is 8.28. The molecular formula is C24H30N6O2. The smallest absolute Gasteiger partial charge is 0.255 e. The highest BCUT2D eigenvalue weighted by atomic mass is 16.5. The first kappa shape index (κ1) is 21.8. The first-order valence-corrected chi connectivity index (χ1v) is 10.9. The van der Waals surface area contributed by atoms with E-state index in [-0.39, 0.29) is 11.7 Å². The van der Waals surface area contributed by atoms with Gasteiger partial charge in [0.25, 0.3) is 5.91 Å². The minimum Gasteiger partial charge on any atom is -0.497 e. The fourth-order valence-corrected chi connectivity index (χ4v) is 4.17. The number of nitrogen functional groups attached to an aromatic ring is 1. The standard InChI is InChI=1S/C24H30N6O2/c1-29-15-18(14-27-29)16-30-10-8-19(9-11-30)22-7-6-21(23(25)28-22)24(31)26-13-17-4-3-5-20(12-17)32-2/h3-7,12,14-15,19H,8-11,13,16H2,1-2H3,(H2,25,28)(H,26,31). The van der Waals surface area contributed by atoms with Crippen molar-refractivity contribution in [1.29, 1.82) is 0 Å². The Labute approximate surface area is 188 Å². The predicted molar refractivity (Wildman–Crippen MR) is 123 cm³/mol.